The predicted octanol–water partition coefficient (Wildman–Crippen LogP) is 4.52. The normalized spacial score (nSPS) is 16.6. The summed E-state index contributed by atoms with van der Waals surface area (Å²) in [6.07, 6.45) is 0.0318. The highest BCUT2D eigenvalue weighted by atomic mass is 19.1. The quantitative estimate of drug-likeness (QED) is 0.561. The molecule has 1 N–H and O–H groups in total. The van der Waals surface area contributed by atoms with Crippen molar-refractivity contribution in [3.8, 4) is 5.88 Å². The van der Waals surface area contributed by atoms with Crippen molar-refractivity contribution in [2.24, 2.45) is 0 Å². The minimum atomic E-state index is -1.38. The third-order valence-corrected chi connectivity index (χ3v) is 6.23. The van der Waals surface area contributed by atoms with Crippen molar-refractivity contribution in [1.82, 2.24) is 19.9 Å². The largest absolute Gasteiger partial charge is 0.479 e. The molecule has 1 fully saturated rings. The van der Waals surface area contributed by atoms with Crippen LogP contribution in [0.3, 0.4) is 0 Å². The van der Waals surface area contributed by atoms with Crippen LogP contribution in [-0.4, -0.2) is 59.7 Å². The van der Waals surface area contributed by atoms with E-state index in [0.717, 1.165) is 38.4 Å². The molecule has 7 nitrogen and oxygen atoms in total. The molecule has 1 saturated heterocycles. The molecule has 1 aromatic carbocycles. The molecule has 2 aromatic heterocycles. The number of pyridine rings is 1. The van der Waals surface area contributed by atoms with Crippen LogP contribution < -0.4 is 15.0 Å². The van der Waals surface area contributed by atoms with Crippen molar-refractivity contribution in [3.63, 3.8) is 0 Å². The summed E-state index contributed by atoms with van der Waals surface area (Å²) in [6.45, 7) is 10.0. The molecule has 9 heteroatoms. The van der Waals surface area contributed by atoms with E-state index in [2.05, 4.69) is 37.0 Å². The fourth-order valence-electron chi connectivity index (χ4n) is 4.25. The molecule has 0 radical (unpaired) electrons. The van der Waals surface area contributed by atoms with Crippen molar-refractivity contribution < 1.29 is 13.5 Å². The summed E-state index contributed by atoms with van der Waals surface area (Å²) in [5.41, 5.74) is 1.79. The number of likely N-dealkylation sites (N-methyl/N-ethyl adjacent to an activating group) is 1. The molecule has 1 unspecified atom stereocenters. The molecule has 176 valence electrons. The van der Waals surface area contributed by atoms with Crippen molar-refractivity contribution in [3.05, 3.63) is 47.5 Å². The van der Waals surface area contributed by atoms with Gasteiger partial charge in [-0.1, -0.05) is 25.1 Å². The number of halogens is 2. The van der Waals surface area contributed by atoms with Gasteiger partial charge in [-0.2, -0.15) is 4.98 Å². The number of benzene rings is 1. The first-order valence-electron chi connectivity index (χ1n) is 11.3. The molecular weight excluding hydrogens is 426 g/mol. The minimum absolute atomic E-state index is 0.0496. The second-order valence-corrected chi connectivity index (χ2v) is 8.26. The van der Waals surface area contributed by atoms with E-state index >= 15 is 0 Å². The van der Waals surface area contributed by atoms with Crippen LogP contribution in [0.2, 0.25) is 0 Å². The average Bonchev–Trinajstić information content (AvgIpc) is 2.83. The summed E-state index contributed by atoms with van der Waals surface area (Å²) < 4.78 is 34.3. The lowest BCUT2D eigenvalue weighted by atomic mass is 10.0. The van der Waals surface area contributed by atoms with Gasteiger partial charge < -0.3 is 19.9 Å². The number of piperazine rings is 1. The van der Waals surface area contributed by atoms with Gasteiger partial charge in [0.2, 0.25) is 5.88 Å². The van der Waals surface area contributed by atoms with E-state index in [4.69, 9.17) is 4.74 Å². The Hall–Kier alpha value is -3.07. The molecule has 0 spiro atoms. The number of ether oxygens (including phenoxy) is 1. The van der Waals surface area contributed by atoms with Gasteiger partial charge in [0, 0.05) is 37.3 Å². The van der Waals surface area contributed by atoms with Crippen LogP contribution in [0, 0.1) is 5.82 Å². The zero-order chi connectivity index (χ0) is 23.5. The van der Waals surface area contributed by atoms with Crippen LogP contribution in [0.4, 0.5) is 20.3 Å². The van der Waals surface area contributed by atoms with Crippen molar-refractivity contribution >= 4 is 22.5 Å². The van der Waals surface area contributed by atoms with E-state index in [9.17, 15) is 8.78 Å². The topological polar surface area (TPSA) is 66.4 Å². The van der Waals surface area contributed by atoms with Gasteiger partial charge in [0.1, 0.15) is 29.8 Å². The van der Waals surface area contributed by atoms with Crippen LogP contribution in [0.5, 0.6) is 5.88 Å². The van der Waals surface area contributed by atoms with Gasteiger partial charge in [0.05, 0.1) is 18.5 Å². The van der Waals surface area contributed by atoms with Crippen LogP contribution in [0.15, 0.2) is 30.6 Å². The number of rotatable bonds is 7. The number of anilines is 2. The number of nitrogens with one attached hydrogen (secondary N) is 1. The maximum absolute atomic E-state index is 14.9. The molecule has 0 bridgehead atoms. The van der Waals surface area contributed by atoms with E-state index in [1.807, 2.05) is 13.0 Å². The maximum Gasteiger partial charge on any atom is 0.239 e. The third-order valence-electron chi connectivity index (χ3n) is 6.23. The Kier molecular flexibility index (Phi) is 6.88. The molecule has 2 atom stereocenters. The van der Waals surface area contributed by atoms with Gasteiger partial charge in [0.25, 0.3) is 0 Å². The Labute approximate surface area is 192 Å². The third kappa shape index (κ3) is 4.68. The molecule has 0 aliphatic carbocycles. The first-order chi connectivity index (χ1) is 15.9. The van der Waals surface area contributed by atoms with E-state index in [1.165, 1.54) is 19.3 Å². The van der Waals surface area contributed by atoms with Crippen molar-refractivity contribution in [2.45, 2.75) is 33.0 Å². The Morgan fingerprint density at radius 3 is 2.52 bits per heavy atom. The van der Waals surface area contributed by atoms with Gasteiger partial charge in [0.15, 0.2) is 5.65 Å². The molecule has 0 amide bonds. The van der Waals surface area contributed by atoms with Crippen LogP contribution in [-0.2, 0) is 0 Å². The summed E-state index contributed by atoms with van der Waals surface area (Å²) in [7, 11) is 1.60. The van der Waals surface area contributed by atoms with Gasteiger partial charge in [-0.3, -0.25) is 0 Å². The molecule has 1 aliphatic heterocycles. The highest BCUT2D eigenvalue weighted by Gasteiger charge is 2.23. The molecule has 4 rings (SSSR count). The fraction of sp³-hybridized carbons (Fsp3) is 0.458. The molecule has 3 heterocycles. The molecule has 3 aromatic rings. The van der Waals surface area contributed by atoms with E-state index in [0.29, 0.717) is 28.3 Å². The zero-order valence-corrected chi connectivity index (χ0v) is 19.5. The second-order valence-electron chi connectivity index (χ2n) is 8.26. The highest BCUT2D eigenvalue weighted by molar-refractivity contribution is 5.90. The predicted molar refractivity (Wildman–Crippen MR) is 126 cm³/mol. The molecule has 0 saturated carbocycles. The average molecular weight is 457 g/mol. The number of fused-ring (bicyclic) bond motifs is 1. The van der Waals surface area contributed by atoms with Gasteiger partial charge >= 0.3 is 0 Å². The van der Waals surface area contributed by atoms with E-state index in [1.54, 1.807) is 19.2 Å². The number of hydrogen-bond acceptors (Lipinski definition) is 7. The van der Waals surface area contributed by atoms with E-state index < -0.39 is 18.0 Å². The number of aromatic nitrogens is 3. The lowest BCUT2D eigenvalue weighted by Gasteiger charge is -2.35. The SMILES string of the molecule is CCN1CCN(c2cc3c(N[C@H](C)c4cccc(C(C)F)c4F)ncnc3nc2OC)CC1. The second kappa shape index (κ2) is 9.82. The number of alkyl halides is 1. The first-order valence-corrected chi connectivity index (χ1v) is 11.3. The lowest BCUT2D eigenvalue weighted by molar-refractivity contribution is 0.270. The summed E-state index contributed by atoms with van der Waals surface area (Å²) in [5, 5.41) is 3.99. The summed E-state index contributed by atoms with van der Waals surface area (Å²) >= 11 is 0. The molecule has 1 aliphatic rings. The fourth-order valence-corrected chi connectivity index (χ4v) is 4.25. The summed E-state index contributed by atoms with van der Waals surface area (Å²) in [4.78, 5) is 18.0. The monoisotopic (exact) mass is 456 g/mol. The zero-order valence-electron chi connectivity index (χ0n) is 19.5. The Balaban J connectivity index is 1.68. The summed E-state index contributed by atoms with van der Waals surface area (Å²) in [5.74, 6) is 0.509. The highest BCUT2D eigenvalue weighted by Crippen LogP contribution is 2.34. The standard InChI is InChI=1S/C24H30F2N6O/c1-5-31-9-11-32(12-10-31)20-13-19-22(27-14-28-23(19)30-24(20)33-4)29-16(3)18-8-6-7-17(15(2)25)21(18)26/h6-8,13-16H,5,9-12H2,1-4H3,(H,27,28,29,30)/t15?,16-/m1/s1. The Morgan fingerprint density at radius 2 is 1.85 bits per heavy atom. The van der Waals surface area contributed by atoms with Crippen molar-refractivity contribution in [1.29, 1.82) is 0 Å². The van der Waals surface area contributed by atoms with Gasteiger partial charge in [-0.25, -0.2) is 18.7 Å². The lowest BCUT2D eigenvalue weighted by Crippen LogP contribution is -2.46. The number of methoxy groups -OCH3 is 1. The van der Waals surface area contributed by atoms with Crippen LogP contribution >= 0.6 is 0 Å². The van der Waals surface area contributed by atoms with E-state index in [-0.39, 0.29) is 5.56 Å². The van der Waals surface area contributed by atoms with Crippen LogP contribution in [0.1, 0.15) is 44.1 Å². The first kappa shape index (κ1) is 23.1. The molecular formula is C24H30F2N6O. The number of nitrogens with zero attached hydrogens (tertiary/aromatic N) is 5. The maximum atomic E-state index is 14.9. The van der Waals surface area contributed by atoms with Crippen LogP contribution in [0.25, 0.3) is 11.0 Å². The van der Waals surface area contributed by atoms with Gasteiger partial charge in [-0.15, -0.1) is 0 Å². The number of hydrogen-bond donors (Lipinski definition) is 1. The Bertz CT molecular complexity index is 1120. The van der Waals surface area contributed by atoms with Crippen molar-refractivity contribution in [2.75, 3.05) is 50.1 Å². The Morgan fingerprint density at radius 1 is 1.12 bits per heavy atom. The van der Waals surface area contributed by atoms with Gasteiger partial charge in [-0.05, 0) is 26.5 Å². The minimum Gasteiger partial charge on any atom is -0.479 e. The summed E-state index contributed by atoms with van der Waals surface area (Å²) in [6, 6.07) is 6.33. The smallest absolute Gasteiger partial charge is 0.239 e. The molecule has 33 heavy (non-hydrogen) atoms.